The normalized spacial score (nSPS) is 13.3. The van der Waals surface area contributed by atoms with Crippen molar-refractivity contribution in [2.75, 3.05) is 23.7 Å². The molecule has 0 aliphatic carbocycles. The number of hydrogen-bond acceptors (Lipinski definition) is 3. The van der Waals surface area contributed by atoms with Gasteiger partial charge in [0.15, 0.2) is 5.78 Å². The monoisotopic (exact) mass is 408 g/mol. The highest BCUT2D eigenvalue weighted by atomic mass is 16.2. The molecule has 4 amide bonds. The maximum Gasteiger partial charge on any atom is 0.340 e. The molecule has 0 unspecified atom stereocenters. The third kappa shape index (κ3) is 4.62. The number of carbonyl (C=O) groups excluding carboxylic acids is 3. The van der Waals surface area contributed by atoms with Crippen LogP contribution < -0.4 is 10.6 Å². The lowest BCUT2D eigenvalue weighted by Gasteiger charge is -2.29. The molecule has 2 aromatic carbocycles. The third-order valence-corrected chi connectivity index (χ3v) is 5.25. The van der Waals surface area contributed by atoms with Gasteiger partial charge in [-0.1, -0.05) is 44.2 Å². The van der Waals surface area contributed by atoms with Crippen LogP contribution in [0.2, 0.25) is 0 Å². The second kappa shape index (κ2) is 9.43. The number of nitrogens with zero attached hydrogens (tertiary/aromatic N) is 2. The van der Waals surface area contributed by atoms with E-state index in [0.29, 0.717) is 30.8 Å². The van der Waals surface area contributed by atoms with E-state index in [0.717, 1.165) is 29.7 Å². The lowest BCUT2D eigenvalue weighted by atomic mass is 10.0. The van der Waals surface area contributed by atoms with E-state index in [9.17, 15) is 14.4 Å². The summed E-state index contributed by atoms with van der Waals surface area (Å²) in [5, 5.41) is 8.66. The van der Waals surface area contributed by atoms with Crippen molar-refractivity contribution >= 4 is 29.2 Å². The van der Waals surface area contributed by atoms with Crippen LogP contribution in [0.3, 0.4) is 0 Å². The number of aryl methyl sites for hydroxylation is 2. The second-order valence-electron chi connectivity index (χ2n) is 7.26. The van der Waals surface area contributed by atoms with Gasteiger partial charge in [-0.3, -0.25) is 4.79 Å². The van der Waals surface area contributed by atoms with Crippen LogP contribution in [-0.2, 0) is 12.8 Å². The molecule has 30 heavy (non-hydrogen) atoms. The summed E-state index contributed by atoms with van der Waals surface area (Å²) in [5.74, 6) is -0.0745. The highest BCUT2D eigenvalue weighted by Gasteiger charge is 2.31. The number of ketones is 1. The number of anilines is 2. The smallest absolute Gasteiger partial charge is 0.306 e. The van der Waals surface area contributed by atoms with E-state index in [-0.39, 0.29) is 11.8 Å². The highest BCUT2D eigenvalue weighted by Crippen LogP contribution is 2.24. The Kier molecular flexibility index (Phi) is 6.72. The number of carbonyl (C=O) groups is 3. The van der Waals surface area contributed by atoms with E-state index in [1.165, 1.54) is 16.9 Å². The fourth-order valence-corrected chi connectivity index (χ4v) is 3.61. The zero-order chi connectivity index (χ0) is 21.7. The topological polar surface area (TPSA) is 81.8 Å². The Balaban J connectivity index is 1.74. The SMILES string of the molecule is CCc1cccc(CC)c1NC(=O)N1CCCN1C(=O)Nc1cccc(C(C)=O)c1. The Hall–Kier alpha value is -3.35. The molecule has 0 saturated carbocycles. The molecule has 7 heteroatoms. The van der Waals surface area contributed by atoms with Gasteiger partial charge in [-0.15, -0.1) is 0 Å². The Morgan fingerprint density at radius 1 is 0.867 bits per heavy atom. The summed E-state index contributed by atoms with van der Waals surface area (Å²) in [4.78, 5) is 37.4. The van der Waals surface area contributed by atoms with Crippen LogP contribution in [0.5, 0.6) is 0 Å². The van der Waals surface area contributed by atoms with E-state index in [1.807, 2.05) is 18.2 Å². The maximum absolute atomic E-state index is 13.0. The zero-order valence-electron chi connectivity index (χ0n) is 17.7. The Morgan fingerprint density at radius 2 is 1.43 bits per heavy atom. The van der Waals surface area contributed by atoms with Crippen molar-refractivity contribution in [1.82, 2.24) is 10.0 Å². The first-order chi connectivity index (χ1) is 14.4. The van der Waals surface area contributed by atoms with Crippen LogP contribution in [-0.4, -0.2) is 41.0 Å². The number of amides is 4. The molecule has 0 aromatic heterocycles. The first-order valence-corrected chi connectivity index (χ1v) is 10.3. The predicted octanol–water partition coefficient (Wildman–Crippen LogP) is 4.70. The van der Waals surface area contributed by atoms with Gasteiger partial charge in [0.2, 0.25) is 0 Å². The zero-order valence-corrected chi connectivity index (χ0v) is 17.7. The number of Topliss-reactive ketones (excluding diaryl/α,β-unsaturated/α-hetero) is 1. The number of nitrogens with one attached hydrogen (secondary N) is 2. The summed E-state index contributed by atoms with van der Waals surface area (Å²) in [6.07, 6.45) is 2.31. The third-order valence-electron chi connectivity index (χ3n) is 5.25. The van der Waals surface area contributed by atoms with E-state index in [4.69, 9.17) is 0 Å². The highest BCUT2D eigenvalue weighted by molar-refractivity contribution is 5.98. The van der Waals surface area contributed by atoms with Crippen molar-refractivity contribution in [3.8, 4) is 0 Å². The average Bonchev–Trinajstić information content (AvgIpc) is 3.24. The fourth-order valence-electron chi connectivity index (χ4n) is 3.61. The molecule has 7 nitrogen and oxygen atoms in total. The number of rotatable bonds is 5. The van der Waals surface area contributed by atoms with Gasteiger partial charge in [0.05, 0.1) is 0 Å². The molecule has 0 spiro atoms. The molecule has 1 saturated heterocycles. The molecule has 0 atom stereocenters. The fraction of sp³-hybridized carbons (Fsp3) is 0.348. The molecule has 2 aromatic rings. The Bertz CT molecular complexity index is 935. The summed E-state index contributed by atoms with van der Waals surface area (Å²) < 4.78 is 0. The first-order valence-electron chi connectivity index (χ1n) is 10.3. The number of urea groups is 2. The van der Waals surface area contributed by atoms with E-state index in [1.54, 1.807) is 24.3 Å². The van der Waals surface area contributed by atoms with Crippen molar-refractivity contribution in [3.05, 3.63) is 59.2 Å². The lowest BCUT2D eigenvalue weighted by molar-refractivity contribution is 0.101. The van der Waals surface area contributed by atoms with E-state index in [2.05, 4.69) is 24.5 Å². The van der Waals surface area contributed by atoms with Gasteiger partial charge in [0.1, 0.15) is 0 Å². The lowest BCUT2D eigenvalue weighted by Crippen LogP contribution is -2.48. The van der Waals surface area contributed by atoms with Crippen molar-refractivity contribution in [2.24, 2.45) is 0 Å². The maximum atomic E-state index is 13.0. The predicted molar refractivity (Wildman–Crippen MR) is 118 cm³/mol. The summed E-state index contributed by atoms with van der Waals surface area (Å²) in [6, 6.07) is 12.0. The van der Waals surface area contributed by atoms with Gasteiger partial charge < -0.3 is 10.6 Å². The molecular weight excluding hydrogens is 380 g/mol. The van der Waals surface area contributed by atoms with Crippen molar-refractivity contribution in [3.63, 3.8) is 0 Å². The van der Waals surface area contributed by atoms with Gasteiger partial charge >= 0.3 is 12.1 Å². The summed E-state index contributed by atoms with van der Waals surface area (Å²) in [5.41, 5.74) is 4.00. The average molecular weight is 409 g/mol. The molecule has 1 heterocycles. The second-order valence-corrected chi connectivity index (χ2v) is 7.26. The van der Waals surface area contributed by atoms with Gasteiger partial charge in [0.25, 0.3) is 0 Å². The molecular formula is C23H28N4O3. The molecule has 2 N–H and O–H groups in total. The Labute approximate surface area is 177 Å². The first kappa shape index (κ1) is 21.4. The van der Waals surface area contributed by atoms with Gasteiger partial charge in [-0.05, 0) is 49.4 Å². The molecule has 1 aliphatic heterocycles. The molecule has 3 rings (SSSR count). The van der Waals surface area contributed by atoms with Crippen LogP contribution in [0.4, 0.5) is 21.0 Å². The van der Waals surface area contributed by atoms with E-state index < -0.39 is 6.03 Å². The van der Waals surface area contributed by atoms with Crippen molar-refractivity contribution < 1.29 is 14.4 Å². The van der Waals surface area contributed by atoms with Crippen LogP contribution in [0.1, 0.15) is 48.7 Å². The standard InChI is InChI=1S/C23H28N4O3/c1-4-17-9-6-10-18(5-2)21(17)25-23(30)27-14-8-13-26(27)22(29)24-20-12-7-11-19(15-20)16(3)28/h6-7,9-12,15H,4-5,8,13-14H2,1-3H3,(H,24,29)(H,25,30). The number of hydrogen-bond donors (Lipinski definition) is 2. The van der Waals surface area contributed by atoms with Crippen LogP contribution >= 0.6 is 0 Å². The van der Waals surface area contributed by atoms with Crippen LogP contribution in [0.25, 0.3) is 0 Å². The molecule has 158 valence electrons. The summed E-state index contributed by atoms with van der Waals surface area (Å²) >= 11 is 0. The van der Waals surface area contributed by atoms with Crippen LogP contribution in [0, 0.1) is 0 Å². The summed E-state index contributed by atoms with van der Waals surface area (Å²) in [6.45, 7) is 6.49. The molecule has 1 aliphatic rings. The van der Waals surface area contributed by atoms with Crippen molar-refractivity contribution in [1.29, 1.82) is 0 Å². The molecule has 0 bridgehead atoms. The van der Waals surface area contributed by atoms with Crippen molar-refractivity contribution in [2.45, 2.75) is 40.0 Å². The summed E-state index contributed by atoms with van der Waals surface area (Å²) in [7, 11) is 0. The van der Waals surface area contributed by atoms with Gasteiger partial charge in [0, 0.05) is 30.0 Å². The number of hydrazine groups is 1. The minimum atomic E-state index is -0.400. The quantitative estimate of drug-likeness (QED) is 0.704. The molecule has 1 fully saturated rings. The minimum absolute atomic E-state index is 0.0745. The van der Waals surface area contributed by atoms with Gasteiger partial charge in [-0.2, -0.15) is 0 Å². The number of benzene rings is 2. The molecule has 0 radical (unpaired) electrons. The van der Waals surface area contributed by atoms with Gasteiger partial charge in [-0.25, -0.2) is 19.6 Å². The number of para-hydroxylation sites is 1. The minimum Gasteiger partial charge on any atom is -0.306 e. The Morgan fingerprint density at radius 3 is 2.00 bits per heavy atom. The van der Waals surface area contributed by atoms with E-state index >= 15 is 0 Å². The largest absolute Gasteiger partial charge is 0.340 e. The van der Waals surface area contributed by atoms with Crippen LogP contribution in [0.15, 0.2) is 42.5 Å².